The van der Waals surface area contributed by atoms with Gasteiger partial charge in [0.05, 0.1) is 5.69 Å². The van der Waals surface area contributed by atoms with E-state index in [1.807, 2.05) is 0 Å². The van der Waals surface area contributed by atoms with Crippen molar-refractivity contribution in [2.75, 3.05) is 5.32 Å². The quantitative estimate of drug-likeness (QED) is 0.683. The highest BCUT2D eigenvalue weighted by Crippen LogP contribution is 2.56. The molecule has 0 radical (unpaired) electrons. The molecule has 1 aliphatic heterocycles. The van der Waals surface area contributed by atoms with E-state index in [1.165, 1.54) is 0 Å². The van der Waals surface area contributed by atoms with Crippen molar-refractivity contribution in [1.82, 2.24) is 0 Å². The maximum absolute atomic E-state index is 11.1. The SMILES string of the molecule is CCC(C(=O)O)C1=NS(O)(O)c2c(C)cccc2N1. The molecule has 2 rings (SSSR count). The van der Waals surface area contributed by atoms with E-state index in [2.05, 4.69) is 9.71 Å². The zero-order valence-electron chi connectivity index (χ0n) is 10.6. The van der Waals surface area contributed by atoms with Gasteiger partial charge in [-0.3, -0.25) is 13.9 Å². The molecular weight excluding hydrogens is 268 g/mol. The Kier molecular flexibility index (Phi) is 3.53. The molecule has 1 aromatic carbocycles. The molecule has 1 heterocycles. The minimum absolute atomic E-state index is 0.0908. The fourth-order valence-corrected chi connectivity index (χ4v) is 3.55. The Bertz CT molecular complexity index is 557. The summed E-state index contributed by atoms with van der Waals surface area (Å²) in [6, 6.07) is 5.20. The third kappa shape index (κ3) is 2.44. The van der Waals surface area contributed by atoms with E-state index in [9.17, 15) is 13.9 Å². The number of carboxylic acids is 1. The summed E-state index contributed by atoms with van der Waals surface area (Å²) in [6.45, 7) is 3.46. The Labute approximate surface area is 112 Å². The lowest BCUT2D eigenvalue weighted by Crippen LogP contribution is -2.32. The summed E-state index contributed by atoms with van der Waals surface area (Å²) in [7, 11) is -3.35. The van der Waals surface area contributed by atoms with Gasteiger partial charge >= 0.3 is 5.97 Å². The van der Waals surface area contributed by atoms with Crippen LogP contribution in [-0.4, -0.2) is 26.0 Å². The normalized spacial score (nSPS) is 19.7. The molecule has 0 fully saturated rings. The van der Waals surface area contributed by atoms with Gasteiger partial charge in [-0.25, -0.2) is 0 Å². The maximum atomic E-state index is 11.1. The smallest absolute Gasteiger partial charge is 0.314 e. The molecule has 4 N–H and O–H groups in total. The van der Waals surface area contributed by atoms with E-state index in [-0.39, 0.29) is 5.84 Å². The first kappa shape index (κ1) is 13.9. The van der Waals surface area contributed by atoms with Gasteiger partial charge in [-0.2, -0.15) is 0 Å². The van der Waals surface area contributed by atoms with E-state index >= 15 is 0 Å². The molecule has 6 nitrogen and oxygen atoms in total. The fourth-order valence-electron chi connectivity index (χ4n) is 2.09. The van der Waals surface area contributed by atoms with E-state index in [1.54, 1.807) is 32.0 Å². The van der Waals surface area contributed by atoms with Crippen LogP contribution in [0.1, 0.15) is 18.9 Å². The first-order valence-corrected chi connectivity index (χ1v) is 7.34. The summed E-state index contributed by atoms with van der Waals surface area (Å²) in [6.07, 6.45) is 0.317. The number of benzene rings is 1. The standard InChI is InChI=1S/C12H16N2O4S/c1-3-8(12(15)16)11-13-9-6-4-5-7(2)10(9)19(17,18)14-11/h4-6,8,17-18H,3H2,1-2H3,(H,13,14)(H,15,16). The number of rotatable bonds is 3. The third-order valence-corrected chi connectivity index (χ3v) is 4.55. The third-order valence-electron chi connectivity index (χ3n) is 3.01. The number of carboxylic acid groups (broad SMARTS) is 1. The number of aryl methyl sites for hydroxylation is 1. The van der Waals surface area contributed by atoms with Gasteiger partial charge in [0.1, 0.15) is 16.6 Å². The largest absolute Gasteiger partial charge is 0.481 e. The zero-order valence-corrected chi connectivity index (χ0v) is 11.4. The molecule has 0 spiro atoms. The van der Waals surface area contributed by atoms with Crippen molar-refractivity contribution in [1.29, 1.82) is 0 Å². The number of aliphatic carboxylic acids is 1. The lowest BCUT2D eigenvalue weighted by atomic mass is 10.1. The molecule has 1 unspecified atom stereocenters. The van der Waals surface area contributed by atoms with E-state index < -0.39 is 22.7 Å². The minimum Gasteiger partial charge on any atom is -0.481 e. The van der Waals surface area contributed by atoms with Crippen LogP contribution in [0.2, 0.25) is 0 Å². The molecule has 0 saturated carbocycles. The predicted molar refractivity (Wildman–Crippen MR) is 74.8 cm³/mol. The first-order chi connectivity index (χ1) is 8.86. The highest BCUT2D eigenvalue weighted by Gasteiger charge is 2.32. The Hall–Kier alpha value is -1.57. The monoisotopic (exact) mass is 284 g/mol. The lowest BCUT2D eigenvalue weighted by Gasteiger charge is -2.36. The van der Waals surface area contributed by atoms with Gasteiger partial charge in [0.2, 0.25) is 0 Å². The summed E-state index contributed by atoms with van der Waals surface area (Å²) < 4.78 is 24.1. The highest BCUT2D eigenvalue weighted by molar-refractivity contribution is 8.23. The number of anilines is 1. The number of nitrogens with zero attached hydrogens (tertiary/aromatic N) is 1. The van der Waals surface area contributed by atoms with Gasteiger partial charge in [0.25, 0.3) is 0 Å². The van der Waals surface area contributed by atoms with E-state index in [0.29, 0.717) is 22.6 Å². The minimum atomic E-state index is -3.35. The number of nitrogens with one attached hydrogen (secondary N) is 1. The molecule has 104 valence electrons. The number of fused-ring (bicyclic) bond motifs is 1. The van der Waals surface area contributed by atoms with Crippen molar-refractivity contribution in [3.05, 3.63) is 23.8 Å². The van der Waals surface area contributed by atoms with Crippen LogP contribution < -0.4 is 5.32 Å². The molecule has 1 aromatic rings. The second-order valence-corrected chi connectivity index (χ2v) is 6.00. The predicted octanol–water partition coefficient (Wildman–Crippen LogP) is 2.95. The maximum Gasteiger partial charge on any atom is 0.314 e. The van der Waals surface area contributed by atoms with Crippen molar-refractivity contribution in [2.45, 2.75) is 25.2 Å². The van der Waals surface area contributed by atoms with Gasteiger partial charge < -0.3 is 10.4 Å². The fraction of sp³-hybridized carbons (Fsp3) is 0.333. The molecule has 1 aliphatic rings. The van der Waals surface area contributed by atoms with Crippen LogP contribution in [0.3, 0.4) is 0 Å². The molecule has 0 aromatic heterocycles. The molecule has 1 atom stereocenters. The summed E-state index contributed by atoms with van der Waals surface area (Å²) in [5.74, 6) is -1.83. The Balaban J connectivity index is 2.50. The average molecular weight is 284 g/mol. The van der Waals surface area contributed by atoms with Crippen LogP contribution in [0.15, 0.2) is 27.5 Å². The number of carbonyl (C=O) groups is 1. The van der Waals surface area contributed by atoms with Crippen molar-refractivity contribution in [3.8, 4) is 0 Å². The van der Waals surface area contributed by atoms with Crippen molar-refractivity contribution < 1.29 is 19.0 Å². The van der Waals surface area contributed by atoms with Crippen LogP contribution in [-0.2, 0) is 4.79 Å². The molecule has 0 aliphatic carbocycles. The number of amidine groups is 1. The van der Waals surface area contributed by atoms with Gasteiger partial charge in [0.15, 0.2) is 0 Å². The molecule has 0 saturated heterocycles. The zero-order chi connectivity index (χ0) is 14.2. The highest BCUT2D eigenvalue weighted by atomic mass is 32.3. The Morgan fingerprint density at radius 3 is 2.74 bits per heavy atom. The van der Waals surface area contributed by atoms with Gasteiger partial charge in [0, 0.05) is 0 Å². The van der Waals surface area contributed by atoms with Crippen molar-refractivity contribution in [2.24, 2.45) is 10.3 Å². The van der Waals surface area contributed by atoms with Crippen molar-refractivity contribution >= 4 is 28.3 Å². The molecule has 0 bridgehead atoms. The number of hydrogen-bond acceptors (Lipinski definition) is 5. The Morgan fingerprint density at radius 1 is 1.47 bits per heavy atom. The summed E-state index contributed by atoms with van der Waals surface area (Å²) in [4.78, 5) is 11.5. The number of hydrogen-bond donors (Lipinski definition) is 4. The lowest BCUT2D eigenvalue weighted by molar-refractivity contribution is -0.139. The first-order valence-electron chi connectivity index (χ1n) is 5.84. The second kappa shape index (κ2) is 4.84. The van der Waals surface area contributed by atoms with Crippen LogP contribution in [0.25, 0.3) is 0 Å². The second-order valence-electron chi connectivity index (χ2n) is 4.37. The van der Waals surface area contributed by atoms with Crippen LogP contribution in [0.5, 0.6) is 0 Å². The van der Waals surface area contributed by atoms with Crippen LogP contribution >= 0.6 is 10.8 Å². The molecule has 0 amide bonds. The molecule has 7 heteroatoms. The van der Waals surface area contributed by atoms with Gasteiger partial charge in [-0.05, 0) is 25.0 Å². The van der Waals surface area contributed by atoms with E-state index in [0.717, 1.165) is 0 Å². The molecular formula is C12H16N2O4S. The summed E-state index contributed by atoms with van der Waals surface area (Å²) in [5.41, 5.74) is 1.21. The topological polar surface area (TPSA) is 102 Å². The summed E-state index contributed by atoms with van der Waals surface area (Å²) in [5, 5.41) is 12.0. The van der Waals surface area contributed by atoms with Gasteiger partial charge in [-0.1, -0.05) is 29.8 Å². The van der Waals surface area contributed by atoms with Gasteiger partial charge in [-0.15, -0.1) is 4.40 Å². The van der Waals surface area contributed by atoms with Crippen LogP contribution in [0.4, 0.5) is 5.69 Å². The van der Waals surface area contributed by atoms with E-state index in [4.69, 9.17) is 5.11 Å². The average Bonchev–Trinajstić information content (AvgIpc) is 2.27. The Morgan fingerprint density at radius 2 is 2.16 bits per heavy atom. The van der Waals surface area contributed by atoms with Crippen LogP contribution in [0, 0.1) is 12.8 Å². The summed E-state index contributed by atoms with van der Waals surface area (Å²) >= 11 is 0. The molecule has 19 heavy (non-hydrogen) atoms. The van der Waals surface area contributed by atoms with Crippen molar-refractivity contribution in [3.63, 3.8) is 0 Å².